The van der Waals surface area contributed by atoms with Crippen molar-refractivity contribution >= 4 is 17.8 Å². The first kappa shape index (κ1) is 19.3. The molecule has 0 bridgehead atoms. The monoisotopic (exact) mass is 397 g/mol. The van der Waals surface area contributed by atoms with Crippen LogP contribution >= 0.6 is 0 Å². The van der Waals surface area contributed by atoms with Gasteiger partial charge in [0.1, 0.15) is 17.4 Å². The van der Waals surface area contributed by atoms with Gasteiger partial charge in [-0.05, 0) is 60.4 Å². The topological polar surface area (TPSA) is 46.6 Å². The number of piperidine rings is 1. The van der Waals surface area contributed by atoms with Crippen LogP contribution in [0, 0.1) is 17.6 Å². The summed E-state index contributed by atoms with van der Waals surface area (Å²) in [6.07, 6.45) is 5.06. The standard InChI is InChI=1S/C23H21F2NO3/c24-18-3-4-20(25)19(14-18)23(28)16-7-10-26(11-8-16)22(27)6-2-15-1-5-21-17(13-15)9-12-29-21/h1-6,13-14,16H,7-12H2/b6-2+. The zero-order chi connectivity index (χ0) is 20.4. The molecule has 0 radical (unpaired) electrons. The van der Waals surface area contributed by atoms with E-state index in [1.54, 1.807) is 11.0 Å². The van der Waals surface area contributed by atoms with Crippen LogP contribution in [0.2, 0.25) is 0 Å². The van der Waals surface area contributed by atoms with Gasteiger partial charge in [0, 0.05) is 31.5 Å². The fourth-order valence-electron chi connectivity index (χ4n) is 3.85. The first-order valence-corrected chi connectivity index (χ1v) is 9.73. The van der Waals surface area contributed by atoms with Gasteiger partial charge in [0.05, 0.1) is 12.2 Å². The summed E-state index contributed by atoms with van der Waals surface area (Å²) in [5, 5.41) is 0. The van der Waals surface area contributed by atoms with E-state index in [0.717, 1.165) is 41.5 Å². The van der Waals surface area contributed by atoms with Gasteiger partial charge in [0.25, 0.3) is 0 Å². The Morgan fingerprint density at radius 1 is 1.07 bits per heavy atom. The van der Waals surface area contributed by atoms with Crippen molar-refractivity contribution < 1.29 is 23.1 Å². The number of ketones is 1. The van der Waals surface area contributed by atoms with Crippen LogP contribution in [-0.2, 0) is 11.2 Å². The number of Topliss-reactive ketones (excluding diaryl/α,β-unsaturated/α-hetero) is 1. The lowest BCUT2D eigenvalue weighted by Gasteiger charge is -2.30. The Labute approximate surface area is 167 Å². The van der Waals surface area contributed by atoms with Crippen LogP contribution in [0.5, 0.6) is 5.75 Å². The van der Waals surface area contributed by atoms with Crippen LogP contribution in [0.4, 0.5) is 8.78 Å². The number of carbonyl (C=O) groups excluding carboxylic acids is 2. The summed E-state index contributed by atoms with van der Waals surface area (Å²) in [5.74, 6) is -1.37. The summed E-state index contributed by atoms with van der Waals surface area (Å²) in [5.41, 5.74) is 1.87. The average molecular weight is 397 g/mol. The largest absolute Gasteiger partial charge is 0.493 e. The third-order valence-corrected chi connectivity index (χ3v) is 5.50. The molecule has 0 N–H and O–H groups in total. The Morgan fingerprint density at radius 3 is 2.66 bits per heavy atom. The second-order valence-corrected chi connectivity index (χ2v) is 7.39. The molecule has 2 aromatic rings. The summed E-state index contributed by atoms with van der Waals surface area (Å²) in [6, 6.07) is 8.75. The van der Waals surface area contributed by atoms with Crippen molar-refractivity contribution in [2.45, 2.75) is 19.3 Å². The number of hydrogen-bond donors (Lipinski definition) is 0. The van der Waals surface area contributed by atoms with Gasteiger partial charge in [0.2, 0.25) is 5.91 Å². The highest BCUT2D eigenvalue weighted by Crippen LogP contribution is 2.27. The predicted octanol–water partition coefficient (Wildman–Crippen LogP) is 4.03. The number of hydrogen-bond acceptors (Lipinski definition) is 3. The molecule has 0 atom stereocenters. The fraction of sp³-hybridized carbons (Fsp3) is 0.304. The van der Waals surface area contributed by atoms with Gasteiger partial charge in [-0.2, -0.15) is 0 Å². The second-order valence-electron chi connectivity index (χ2n) is 7.39. The van der Waals surface area contributed by atoms with Crippen molar-refractivity contribution in [3.8, 4) is 5.75 Å². The smallest absolute Gasteiger partial charge is 0.246 e. The van der Waals surface area contributed by atoms with Crippen LogP contribution < -0.4 is 4.74 Å². The van der Waals surface area contributed by atoms with Gasteiger partial charge < -0.3 is 9.64 Å². The van der Waals surface area contributed by atoms with Crippen LogP contribution in [0.15, 0.2) is 42.5 Å². The number of carbonyl (C=O) groups is 2. The van der Waals surface area contributed by atoms with E-state index in [1.165, 1.54) is 6.08 Å². The molecule has 2 aliphatic heterocycles. The van der Waals surface area contributed by atoms with E-state index in [-0.39, 0.29) is 11.5 Å². The molecular weight excluding hydrogens is 376 g/mol. The van der Waals surface area contributed by atoms with Gasteiger partial charge >= 0.3 is 0 Å². The quantitative estimate of drug-likeness (QED) is 0.578. The minimum Gasteiger partial charge on any atom is -0.493 e. The lowest BCUT2D eigenvalue weighted by atomic mass is 9.88. The fourth-order valence-corrected chi connectivity index (χ4v) is 3.85. The normalized spacial score (nSPS) is 16.7. The van der Waals surface area contributed by atoms with Crippen molar-refractivity contribution in [2.75, 3.05) is 19.7 Å². The third kappa shape index (κ3) is 4.21. The molecule has 150 valence electrons. The average Bonchev–Trinajstić information content (AvgIpc) is 3.21. The molecule has 0 aliphatic carbocycles. The molecule has 2 aromatic carbocycles. The van der Waals surface area contributed by atoms with Crippen molar-refractivity contribution in [1.82, 2.24) is 4.90 Å². The Hall–Kier alpha value is -3.02. The van der Waals surface area contributed by atoms with Crippen molar-refractivity contribution in [3.63, 3.8) is 0 Å². The van der Waals surface area contributed by atoms with Gasteiger partial charge in [-0.15, -0.1) is 0 Å². The van der Waals surface area contributed by atoms with E-state index in [0.29, 0.717) is 32.5 Å². The van der Waals surface area contributed by atoms with E-state index in [4.69, 9.17) is 4.74 Å². The number of nitrogens with zero attached hydrogens (tertiary/aromatic N) is 1. The van der Waals surface area contributed by atoms with E-state index in [9.17, 15) is 18.4 Å². The first-order valence-electron chi connectivity index (χ1n) is 9.73. The number of fused-ring (bicyclic) bond motifs is 1. The lowest BCUT2D eigenvalue weighted by molar-refractivity contribution is -0.127. The number of benzene rings is 2. The maximum atomic E-state index is 13.9. The number of rotatable bonds is 4. The molecule has 1 saturated heterocycles. The SMILES string of the molecule is O=C(c1cc(F)ccc1F)C1CCN(C(=O)/C=C/c2ccc3c(c2)CCO3)CC1. The van der Waals surface area contributed by atoms with Crippen molar-refractivity contribution in [1.29, 1.82) is 0 Å². The molecule has 29 heavy (non-hydrogen) atoms. The molecule has 0 spiro atoms. The highest BCUT2D eigenvalue weighted by Gasteiger charge is 2.29. The summed E-state index contributed by atoms with van der Waals surface area (Å²) in [7, 11) is 0. The molecule has 4 nitrogen and oxygen atoms in total. The molecule has 0 saturated carbocycles. The predicted molar refractivity (Wildman–Crippen MR) is 105 cm³/mol. The molecule has 4 rings (SSSR count). The first-order chi connectivity index (χ1) is 14.0. The highest BCUT2D eigenvalue weighted by atomic mass is 19.1. The molecule has 0 unspecified atom stereocenters. The summed E-state index contributed by atoms with van der Waals surface area (Å²) >= 11 is 0. The Morgan fingerprint density at radius 2 is 1.86 bits per heavy atom. The van der Waals surface area contributed by atoms with E-state index in [1.807, 2.05) is 18.2 Å². The number of halogens is 2. The van der Waals surface area contributed by atoms with E-state index in [2.05, 4.69) is 0 Å². The van der Waals surface area contributed by atoms with Gasteiger partial charge in [0.15, 0.2) is 5.78 Å². The molecular formula is C23H21F2NO3. The summed E-state index contributed by atoms with van der Waals surface area (Å²) in [6.45, 7) is 1.51. The third-order valence-electron chi connectivity index (χ3n) is 5.50. The Balaban J connectivity index is 1.35. The minimum atomic E-state index is -0.711. The zero-order valence-electron chi connectivity index (χ0n) is 15.9. The Bertz CT molecular complexity index is 978. The Kier molecular flexibility index (Phi) is 5.43. The van der Waals surface area contributed by atoms with E-state index >= 15 is 0 Å². The van der Waals surface area contributed by atoms with Crippen LogP contribution in [0.1, 0.15) is 34.3 Å². The van der Waals surface area contributed by atoms with Crippen LogP contribution in [0.25, 0.3) is 6.08 Å². The summed E-state index contributed by atoms with van der Waals surface area (Å²) < 4.78 is 32.7. The van der Waals surface area contributed by atoms with Crippen LogP contribution in [0.3, 0.4) is 0 Å². The van der Waals surface area contributed by atoms with Crippen molar-refractivity contribution in [3.05, 3.63) is 70.8 Å². The molecule has 6 heteroatoms. The molecule has 0 aromatic heterocycles. The molecule has 2 aliphatic rings. The number of likely N-dealkylation sites (tertiary alicyclic amines) is 1. The number of ether oxygens (including phenoxy) is 1. The second kappa shape index (κ2) is 8.15. The van der Waals surface area contributed by atoms with Gasteiger partial charge in [-0.1, -0.05) is 6.07 Å². The molecule has 1 amide bonds. The minimum absolute atomic E-state index is 0.121. The van der Waals surface area contributed by atoms with E-state index < -0.39 is 23.3 Å². The lowest BCUT2D eigenvalue weighted by Crippen LogP contribution is -2.39. The maximum absolute atomic E-state index is 13.9. The molecule has 2 heterocycles. The summed E-state index contributed by atoms with van der Waals surface area (Å²) in [4.78, 5) is 26.7. The maximum Gasteiger partial charge on any atom is 0.246 e. The van der Waals surface area contributed by atoms with Gasteiger partial charge in [-0.3, -0.25) is 9.59 Å². The van der Waals surface area contributed by atoms with Gasteiger partial charge in [-0.25, -0.2) is 8.78 Å². The zero-order valence-corrected chi connectivity index (χ0v) is 15.9. The van der Waals surface area contributed by atoms with Crippen molar-refractivity contribution in [2.24, 2.45) is 5.92 Å². The highest BCUT2D eigenvalue weighted by molar-refractivity contribution is 5.98. The number of amides is 1. The van der Waals surface area contributed by atoms with Crippen LogP contribution in [-0.4, -0.2) is 36.3 Å². The molecule has 1 fully saturated rings.